The number of carbonyl (C=O) groups is 1. The number of carbonyl (C=O) groups excluding carboxylic acids is 1. The number of rotatable bonds is 5. The van der Waals surface area contributed by atoms with Gasteiger partial charge in [0.2, 0.25) is 0 Å². The number of hydrogen-bond acceptors (Lipinski definition) is 3. The van der Waals surface area contributed by atoms with Gasteiger partial charge >= 0.3 is 0 Å². The van der Waals surface area contributed by atoms with Crippen LogP contribution in [-0.2, 0) is 14.3 Å². The van der Waals surface area contributed by atoms with Gasteiger partial charge in [0.15, 0.2) is 12.0 Å². The summed E-state index contributed by atoms with van der Waals surface area (Å²) in [6.07, 6.45) is 0.515. The molecule has 0 amide bonds. The van der Waals surface area contributed by atoms with Crippen LogP contribution in [0.25, 0.3) is 0 Å². The first-order valence-electron chi connectivity index (χ1n) is 2.69. The van der Waals surface area contributed by atoms with Gasteiger partial charge in [-0.15, -0.1) is 0 Å². The Bertz CT molecular complexity index is 149. The molecule has 0 saturated heterocycles. The first kappa shape index (κ1) is 8.91. The smallest absolute Gasteiger partial charge is 0.184 e. The molecule has 0 atom stereocenters. The zero-order valence-electron chi connectivity index (χ0n) is 5.92. The van der Waals surface area contributed by atoms with Gasteiger partial charge in [-0.2, -0.15) is 0 Å². The van der Waals surface area contributed by atoms with Crippen molar-refractivity contribution in [2.24, 2.45) is 0 Å². The molecule has 0 aliphatic heterocycles. The van der Waals surface area contributed by atoms with Crippen molar-refractivity contribution < 1.29 is 14.3 Å². The van der Waals surface area contributed by atoms with Gasteiger partial charge in [-0.1, -0.05) is 13.2 Å². The molecule has 56 valence electrons. The van der Waals surface area contributed by atoms with E-state index in [-0.39, 0.29) is 12.4 Å². The van der Waals surface area contributed by atoms with Crippen LogP contribution >= 0.6 is 0 Å². The molecule has 0 heterocycles. The van der Waals surface area contributed by atoms with Gasteiger partial charge in [-0.3, -0.25) is 4.79 Å². The lowest BCUT2D eigenvalue weighted by molar-refractivity contribution is -0.107. The van der Waals surface area contributed by atoms with Gasteiger partial charge in [-0.05, 0) is 0 Å². The van der Waals surface area contributed by atoms with E-state index in [9.17, 15) is 4.79 Å². The number of methoxy groups -OCH3 is 1. The van der Waals surface area contributed by atoms with Gasteiger partial charge in [0, 0.05) is 7.11 Å². The Balaban J connectivity index is 3.57. The lowest BCUT2D eigenvalue weighted by Crippen LogP contribution is -1.98. The van der Waals surface area contributed by atoms with Gasteiger partial charge in [0.05, 0.1) is 0 Å². The Morgan fingerprint density at radius 3 is 2.60 bits per heavy atom. The zero-order chi connectivity index (χ0) is 7.98. The first-order chi connectivity index (χ1) is 4.70. The summed E-state index contributed by atoms with van der Waals surface area (Å²) in [5.74, 6) is 0.418. The van der Waals surface area contributed by atoms with Crippen molar-refractivity contribution in [2.75, 3.05) is 13.7 Å². The second kappa shape index (κ2) is 4.76. The summed E-state index contributed by atoms with van der Waals surface area (Å²) in [6.45, 7) is 7.02. The molecule has 0 spiro atoms. The number of allylic oxidation sites excluding steroid dienone is 1. The van der Waals surface area contributed by atoms with E-state index in [1.165, 1.54) is 7.11 Å². The summed E-state index contributed by atoms with van der Waals surface area (Å²) in [4.78, 5) is 9.94. The highest BCUT2D eigenvalue weighted by Crippen LogP contribution is 1.98. The van der Waals surface area contributed by atoms with E-state index in [0.717, 1.165) is 0 Å². The van der Waals surface area contributed by atoms with E-state index in [1.54, 1.807) is 0 Å². The molecule has 0 saturated carbocycles. The standard InChI is InChI=1S/C7H10O3/c1-6(4-8)10-7(2)5-9-3/h4H,1-2,5H2,3H3. The largest absolute Gasteiger partial charge is 0.457 e. The Labute approximate surface area is 59.9 Å². The molecule has 10 heavy (non-hydrogen) atoms. The zero-order valence-corrected chi connectivity index (χ0v) is 5.92. The van der Waals surface area contributed by atoms with E-state index in [0.29, 0.717) is 12.0 Å². The number of ether oxygens (including phenoxy) is 2. The summed E-state index contributed by atoms with van der Waals surface area (Å²) in [5, 5.41) is 0. The van der Waals surface area contributed by atoms with Crippen LogP contribution in [-0.4, -0.2) is 20.0 Å². The highest BCUT2D eigenvalue weighted by atomic mass is 16.5. The van der Waals surface area contributed by atoms with Gasteiger partial charge in [-0.25, -0.2) is 0 Å². The van der Waals surface area contributed by atoms with E-state index >= 15 is 0 Å². The summed E-state index contributed by atoms with van der Waals surface area (Å²) in [6, 6.07) is 0. The Morgan fingerprint density at radius 2 is 2.20 bits per heavy atom. The van der Waals surface area contributed by atoms with Crippen molar-refractivity contribution in [2.45, 2.75) is 0 Å². The Kier molecular flexibility index (Phi) is 4.24. The first-order valence-corrected chi connectivity index (χ1v) is 2.69. The van der Waals surface area contributed by atoms with E-state index < -0.39 is 0 Å². The van der Waals surface area contributed by atoms with Crippen LogP contribution in [0.1, 0.15) is 0 Å². The highest BCUT2D eigenvalue weighted by Gasteiger charge is 1.95. The highest BCUT2D eigenvalue weighted by molar-refractivity contribution is 5.69. The second-order valence-corrected chi connectivity index (χ2v) is 1.66. The molecule has 0 aliphatic rings. The molecule has 0 bridgehead atoms. The minimum atomic E-state index is 0.0436. The average molecular weight is 142 g/mol. The topological polar surface area (TPSA) is 35.5 Å². The quantitative estimate of drug-likeness (QED) is 0.324. The van der Waals surface area contributed by atoms with Crippen LogP contribution in [0.15, 0.2) is 24.7 Å². The normalized spacial score (nSPS) is 8.50. The molecular weight excluding hydrogens is 132 g/mol. The second-order valence-electron chi connectivity index (χ2n) is 1.66. The van der Waals surface area contributed by atoms with Crippen LogP contribution in [0.5, 0.6) is 0 Å². The van der Waals surface area contributed by atoms with E-state index in [4.69, 9.17) is 4.74 Å². The molecule has 0 radical (unpaired) electrons. The van der Waals surface area contributed by atoms with E-state index in [2.05, 4.69) is 17.9 Å². The van der Waals surface area contributed by atoms with Crippen LogP contribution < -0.4 is 0 Å². The van der Waals surface area contributed by atoms with Crippen LogP contribution in [0.3, 0.4) is 0 Å². The summed E-state index contributed by atoms with van der Waals surface area (Å²) in [5.41, 5.74) is 0. The predicted octanol–water partition coefficient (Wildman–Crippen LogP) is 0.876. The predicted molar refractivity (Wildman–Crippen MR) is 37.3 cm³/mol. The third kappa shape index (κ3) is 3.86. The SMILES string of the molecule is C=C(C=O)OC(=C)COC. The lowest BCUT2D eigenvalue weighted by atomic mass is 10.5. The molecular formula is C7H10O3. The molecule has 0 aromatic carbocycles. The molecule has 0 aromatic rings. The van der Waals surface area contributed by atoms with Gasteiger partial charge in [0.1, 0.15) is 12.4 Å². The summed E-state index contributed by atoms with van der Waals surface area (Å²) >= 11 is 0. The van der Waals surface area contributed by atoms with Crippen molar-refractivity contribution >= 4 is 6.29 Å². The molecule has 0 aliphatic carbocycles. The maximum absolute atomic E-state index is 9.94. The molecule has 3 nitrogen and oxygen atoms in total. The van der Waals surface area contributed by atoms with Gasteiger partial charge in [0.25, 0.3) is 0 Å². The Hall–Kier alpha value is -1.09. The maximum atomic E-state index is 9.94. The van der Waals surface area contributed by atoms with Crippen molar-refractivity contribution in [3.63, 3.8) is 0 Å². The third-order valence-electron chi connectivity index (χ3n) is 0.712. The van der Waals surface area contributed by atoms with E-state index in [1.807, 2.05) is 0 Å². The van der Waals surface area contributed by atoms with Crippen LogP contribution in [0.4, 0.5) is 0 Å². The third-order valence-corrected chi connectivity index (χ3v) is 0.712. The van der Waals surface area contributed by atoms with Crippen molar-refractivity contribution in [3.05, 3.63) is 24.7 Å². The molecule has 0 unspecified atom stereocenters. The molecule has 0 N–H and O–H groups in total. The fourth-order valence-corrected chi connectivity index (χ4v) is 0.400. The average Bonchev–Trinajstić information content (AvgIpc) is 1.88. The molecule has 0 rings (SSSR count). The molecule has 0 fully saturated rings. The van der Waals surface area contributed by atoms with Crippen LogP contribution in [0, 0.1) is 0 Å². The maximum Gasteiger partial charge on any atom is 0.184 e. The summed E-state index contributed by atoms with van der Waals surface area (Å²) in [7, 11) is 1.51. The number of aldehydes is 1. The minimum absolute atomic E-state index is 0.0436. The molecule has 0 aromatic heterocycles. The van der Waals surface area contributed by atoms with Crippen molar-refractivity contribution in [3.8, 4) is 0 Å². The minimum Gasteiger partial charge on any atom is -0.457 e. The molecule has 3 heteroatoms. The fraction of sp³-hybridized carbons (Fsp3) is 0.286. The number of hydrogen-bond donors (Lipinski definition) is 0. The Morgan fingerprint density at radius 1 is 1.60 bits per heavy atom. The van der Waals surface area contributed by atoms with Crippen molar-refractivity contribution in [1.82, 2.24) is 0 Å². The van der Waals surface area contributed by atoms with Crippen LogP contribution in [0.2, 0.25) is 0 Å². The van der Waals surface area contributed by atoms with Gasteiger partial charge < -0.3 is 9.47 Å². The fourth-order valence-electron chi connectivity index (χ4n) is 0.400. The lowest BCUT2D eigenvalue weighted by Gasteiger charge is -2.04. The summed E-state index contributed by atoms with van der Waals surface area (Å²) < 4.78 is 9.43. The monoisotopic (exact) mass is 142 g/mol. The van der Waals surface area contributed by atoms with Crippen molar-refractivity contribution in [1.29, 1.82) is 0 Å².